The van der Waals surface area contributed by atoms with Gasteiger partial charge < -0.3 is 9.47 Å². The van der Waals surface area contributed by atoms with E-state index in [1.807, 2.05) is 39.3 Å². The van der Waals surface area contributed by atoms with Crippen LogP contribution in [-0.2, 0) is 26.2 Å². The monoisotopic (exact) mass is 453 g/mol. The van der Waals surface area contributed by atoms with Crippen molar-refractivity contribution in [3.63, 3.8) is 0 Å². The van der Waals surface area contributed by atoms with Crippen LogP contribution >= 0.6 is 0 Å². The van der Waals surface area contributed by atoms with Crippen LogP contribution in [0, 0.1) is 19.8 Å². The number of hydrogen-bond acceptors (Lipinski definition) is 5. The molecule has 0 fully saturated rings. The minimum Gasteiger partial charge on any atom is -0.454 e. The minimum atomic E-state index is -0.276. The van der Waals surface area contributed by atoms with E-state index >= 15 is 0 Å². The van der Waals surface area contributed by atoms with Crippen molar-refractivity contribution in [2.24, 2.45) is 10.9 Å². The second-order valence-corrected chi connectivity index (χ2v) is 9.71. The highest BCUT2D eigenvalue weighted by atomic mass is 16.7. The maximum absolute atomic E-state index is 12.1. The van der Waals surface area contributed by atoms with Crippen molar-refractivity contribution in [1.29, 1.82) is 0 Å². The van der Waals surface area contributed by atoms with E-state index < -0.39 is 0 Å². The summed E-state index contributed by atoms with van der Waals surface area (Å²) in [5, 5.41) is 4.66. The molecule has 0 aliphatic heterocycles. The van der Waals surface area contributed by atoms with Crippen LogP contribution in [0.1, 0.15) is 76.0 Å². The number of aromatic nitrogens is 2. The zero-order valence-corrected chi connectivity index (χ0v) is 21.7. The molecule has 1 aromatic carbocycles. The number of aryl methyl sites for hydroxylation is 2. The average molecular weight is 454 g/mol. The van der Waals surface area contributed by atoms with Crippen molar-refractivity contribution in [3.8, 4) is 0 Å². The van der Waals surface area contributed by atoms with E-state index in [2.05, 4.69) is 55.1 Å². The van der Waals surface area contributed by atoms with E-state index in [1.165, 1.54) is 5.56 Å². The minimum absolute atomic E-state index is 0.0553. The third-order valence-electron chi connectivity index (χ3n) is 5.50. The first-order chi connectivity index (χ1) is 15.5. The van der Waals surface area contributed by atoms with Crippen LogP contribution in [0.5, 0.6) is 0 Å². The van der Waals surface area contributed by atoms with Crippen LogP contribution in [0.3, 0.4) is 0 Å². The molecule has 33 heavy (non-hydrogen) atoms. The predicted octanol–water partition coefficient (Wildman–Crippen LogP) is 5.95. The number of benzene rings is 1. The molecule has 6 heteroatoms. The normalized spacial score (nSPS) is 12.9. The molecule has 0 amide bonds. The van der Waals surface area contributed by atoms with Crippen molar-refractivity contribution in [2.45, 2.75) is 73.8 Å². The fraction of sp³-hybridized carbons (Fsp3) is 0.519. The quantitative estimate of drug-likeness (QED) is 0.204. The van der Waals surface area contributed by atoms with Crippen LogP contribution in [0.15, 0.2) is 29.3 Å². The average Bonchev–Trinajstić information content (AvgIpc) is 3.02. The van der Waals surface area contributed by atoms with Crippen LogP contribution in [-0.4, -0.2) is 35.8 Å². The molecule has 1 heterocycles. The number of nitrogens with zero attached hydrogens (tertiary/aromatic N) is 3. The van der Waals surface area contributed by atoms with Gasteiger partial charge in [0.2, 0.25) is 6.79 Å². The van der Waals surface area contributed by atoms with Gasteiger partial charge in [-0.05, 0) is 43.2 Å². The van der Waals surface area contributed by atoms with Crippen molar-refractivity contribution < 1.29 is 14.3 Å². The molecular weight excluding hydrogens is 414 g/mol. The van der Waals surface area contributed by atoms with E-state index in [0.717, 1.165) is 28.1 Å². The third kappa shape index (κ3) is 6.80. The molecular formula is C27H39N3O3. The number of carbonyl (C=O) groups excluding carboxylic acids is 1. The molecule has 0 N–H and O–H groups in total. The van der Waals surface area contributed by atoms with E-state index in [-0.39, 0.29) is 24.1 Å². The molecule has 0 aliphatic rings. The Morgan fingerprint density at radius 3 is 2.30 bits per heavy atom. The molecule has 2 aromatic rings. The van der Waals surface area contributed by atoms with Gasteiger partial charge >= 0.3 is 5.97 Å². The van der Waals surface area contributed by atoms with Gasteiger partial charge in [0, 0.05) is 37.4 Å². The summed E-state index contributed by atoms with van der Waals surface area (Å²) in [6.07, 6.45) is 2.14. The number of carbonyl (C=O) groups is 1. The lowest BCUT2D eigenvalue weighted by Gasteiger charge is -2.20. The lowest BCUT2D eigenvalue weighted by Crippen LogP contribution is -2.13. The molecule has 0 saturated carbocycles. The summed E-state index contributed by atoms with van der Waals surface area (Å²) in [6.45, 7) is 17.1. The second kappa shape index (κ2) is 11.3. The zero-order valence-electron chi connectivity index (χ0n) is 21.7. The fourth-order valence-electron chi connectivity index (χ4n) is 3.55. The van der Waals surface area contributed by atoms with Gasteiger partial charge in [-0.15, -0.1) is 0 Å². The molecule has 0 atom stereocenters. The van der Waals surface area contributed by atoms with Gasteiger partial charge in [0.25, 0.3) is 0 Å². The Bertz CT molecular complexity index is 1010. The van der Waals surface area contributed by atoms with Crippen molar-refractivity contribution >= 4 is 23.5 Å². The topological polar surface area (TPSA) is 65.7 Å². The van der Waals surface area contributed by atoms with Gasteiger partial charge in [0.15, 0.2) is 5.76 Å². The number of allylic oxidation sites excluding steroid dienone is 1. The molecule has 0 bridgehead atoms. The van der Waals surface area contributed by atoms with Crippen molar-refractivity contribution in [2.75, 3.05) is 13.8 Å². The number of aliphatic imine (C=N–C) groups is 1. The van der Waals surface area contributed by atoms with Crippen molar-refractivity contribution in [1.82, 2.24) is 9.78 Å². The summed E-state index contributed by atoms with van der Waals surface area (Å²) in [5.74, 6) is 0.547. The molecule has 1 aromatic heterocycles. The summed E-state index contributed by atoms with van der Waals surface area (Å²) in [6, 6.07) is 8.43. The number of hydrogen-bond donors (Lipinski definition) is 0. The third-order valence-corrected chi connectivity index (χ3v) is 5.50. The first-order valence-electron chi connectivity index (χ1n) is 11.6. The molecule has 0 spiro atoms. The Labute approximate surface area is 198 Å². The molecule has 0 aliphatic carbocycles. The SMILES string of the molecule is CCn1nc(C)c(C)c1/C(OCOC(=O)CC(C)C)=C(\C=N/C)c1ccc(C(C)(C)C)cc1. The van der Waals surface area contributed by atoms with Crippen LogP contribution in [0.2, 0.25) is 0 Å². The number of ether oxygens (including phenoxy) is 2. The van der Waals surface area contributed by atoms with Gasteiger partial charge in [-0.3, -0.25) is 14.5 Å². The zero-order chi connectivity index (χ0) is 24.8. The van der Waals surface area contributed by atoms with Gasteiger partial charge in [0.1, 0.15) is 5.69 Å². The van der Waals surface area contributed by atoms with E-state index in [9.17, 15) is 4.79 Å². The maximum atomic E-state index is 12.1. The molecule has 0 saturated heterocycles. The smallest absolute Gasteiger partial charge is 0.308 e. The molecule has 180 valence electrons. The fourth-order valence-corrected chi connectivity index (χ4v) is 3.55. The predicted molar refractivity (Wildman–Crippen MR) is 135 cm³/mol. The highest BCUT2D eigenvalue weighted by Crippen LogP contribution is 2.31. The lowest BCUT2D eigenvalue weighted by molar-refractivity contribution is -0.152. The second-order valence-electron chi connectivity index (χ2n) is 9.71. The number of esters is 1. The van der Waals surface area contributed by atoms with Crippen LogP contribution < -0.4 is 0 Å². The molecule has 6 nitrogen and oxygen atoms in total. The highest BCUT2D eigenvalue weighted by molar-refractivity contribution is 6.18. The Hall–Kier alpha value is -2.89. The van der Waals surface area contributed by atoms with Crippen LogP contribution in [0.4, 0.5) is 0 Å². The lowest BCUT2D eigenvalue weighted by atomic mass is 9.86. The largest absolute Gasteiger partial charge is 0.454 e. The Balaban J connectivity index is 2.59. The summed E-state index contributed by atoms with van der Waals surface area (Å²) in [7, 11) is 1.74. The first-order valence-corrected chi connectivity index (χ1v) is 11.6. The van der Waals surface area contributed by atoms with Crippen molar-refractivity contribution in [3.05, 3.63) is 52.3 Å². The van der Waals surface area contributed by atoms with E-state index in [0.29, 0.717) is 18.7 Å². The van der Waals surface area contributed by atoms with E-state index in [4.69, 9.17) is 9.47 Å². The molecule has 0 unspecified atom stereocenters. The number of rotatable bonds is 9. The molecule has 2 rings (SSSR count). The van der Waals surface area contributed by atoms with Gasteiger partial charge in [-0.1, -0.05) is 58.9 Å². The maximum Gasteiger partial charge on any atom is 0.308 e. The summed E-state index contributed by atoms with van der Waals surface area (Å²) >= 11 is 0. The summed E-state index contributed by atoms with van der Waals surface area (Å²) in [5.41, 5.74) is 5.90. The van der Waals surface area contributed by atoms with Gasteiger partial charge in [-0.25, -0.2) is 0 Å². The van der Waals surface area contributed by atoms with Crippen LogP contribution in [0.25, 0.3) is 11.3 Å². The summed E-state index contributed by atoms with van der Waals surface area (Å²) < 4.78 is 13.5. The standard InChI is InChI=1S/C27H39N3O3/c1-10-30-25(19(4)20(5)29-30)26(33-17-32-24(31)15-18(2)3)23(16-28-9)21-11-13-22(14-12-21)27(6,7)8/h11-14,16,18H,10,15,17H2,1-9H3/b26-23-,28-16-. The molecule has 0 radical (unpaired) electrons. The summed E-state index contributed by atoms with van der Waals surface area (Å²) in [4.78, 5) is 16.4. The van der Waals surface area contributed by atoms with Gasteiger partial charge in [-0.2, -0.15) is 5.10 Å². The van der Waals surface area contributed by atoms with E-state index in [1.54, 1.807) is 13.3 Å². The Kier molecular flexibility index (Phi) is 9.03. The Morgan fingerprint density at radius 2 is 1.79 bits per heavy atom. The first kappa shape index (κ1) is 26.4. The highest BCUT2D eigenvalue weighted by Gasteiger charge is 2.22. The Morgan fingerprint density at radius 1 is 1.15 bits per heavy atom. The van der Waals surface area contributed by atoms with Gasteiger partial charge in [0.05, 0.1) is 5.69 Å².